The van der Waals surface area contributed by atoms with Gasteiger partial charge in [-0.2, -0.15) is 0 Å². The molecule has 21 heavy (non-hydrogen) atoms. The van der Waals surface area contributed by atoms with E-state index in [1.807, 2.05) is 0 Å². The number of ether oxygens (including phenoxy) is 2. The summed E-state index contributed by atoms with van der Waals surface area (Å²) in [7, 11) is 1.21. The maximum Gasteiger partial charge on any atom is 0.358 e. The van der Waals surface area contributed by atoms with Crippen molar-refractivity contribution >= 4 is 46.5 Å². The van der Waals surface area contributed by atoms with Gasteiger partial charge >= 0.3 is 5.97 Å². The van der Waals surface area contributed by atoms with E-state index >= 15 is 0 Å². The first-order chi connectivity index (χ1) is 9.90. The van der Waals surface area contributed by atoms with Crippen LogP contribution in [0.25, 0.3) is 0 Å². The normalized spacial score (nSPS) is 10.3. The minimum atomic E-state index is -0.721. The Labute approximate surface area is 135 Å². The molecular weight excluding hydrogens is 339 g/mol. The molecule has 0 aliphatic carbocycles. The maximum absolute atomic E-state index is 11.6. The van der Waals surface area contributed by atoms with Crippen molar-refractivity contribution in [1.29, 1.82) is 0 Å². The summed E-state index contributed by atoms with van der Waals surface area (Å²) in [5.74, 6) is -0.311. The molecule has 0 spiro atoms. The smallest absolute Gasteiger partial charge is 0.358 e. The summed E-state index contributed by atoms with van der Waals surface area (Å²) < 4.78 is 10.1. The lowest BCUT2D eigenvalue weighted by molar-refractivity contribution is 0.0593. The third kappa shape index (κ3) is 3.69. The van der Waals surface area contributed by atoms with Gasteiger partial charge in [-0.3, -0.25) is 0 Å². The molecular formula is C13H9Cl3N2O3. The predicted molar refractivity (Wildman–Crippen MR) is 81.5 cm³/mol. The van der Waals surface area contributed by atoms with Gasteiger partial charge in [-0.25, -0.2) is 9.78 Å². The highest BCUT2D eigenvalue weighted by Crippen LogP contribution is 2.31. The van der Waals surface area contributed by atoms with E-state index < -0.39 is 5.97 Å². The number of halogens is 3. The number of benzene rings is 1. The van der Waals surface area contributed by atoms with Gasteiger partial charge in [-0.1, -0.05) is 34.8 Å². The fourth-order valence-corrected chi connectivity index (χ4v) is 2.20. The van der Waals surface area contributed by atoms with Crippen LogP contribution in [0.5, 0.6) is 11.6 Å². The molecule has 2 aromatic rings. The van der Waals surface area contributed by atoms with Crippen molar-refractivity contribution in [2.45, 2.75) is 0 Å². The molecule has 1 aromatic carbocycles. The van der Waals surface area contributed by atoms with Gasteiger partial charge in [0.2, 0.25) is 5.88 Å². The van der Waals surface area contributed by atoms with Crippen molar-refractivity contribution < 1.29 is 14.3 Å². The highest BCUT2D eigenvalue weighted by Gasteiger charge is 2.18. The second-order valence-electron chi connectivity index (χ2n) is 3.91. The highest BCUT2D eigenvalue weighted by atomic mass is 35.5. The Morgan fingerprint density at radius 1 is 1.14 bits per heavy atom. The molecule has 0 radical (unpaired) electrons. The van der Waals surface area contributed by atoms with E-state index in [2.05, 4.69) is 9.72 Å². The van der Waals surface area contributed by atoms with E-state index in [9.17, 15) is 4.79 Å². The van der Waals surface area contributed by atoms with Crippen LogP contribution < -0.4 is 10.5 Å². The molecule has 5 nitrogen and oxygen atoms in total. The number of carbonyl (C=O) groups is 1. The van der Waals surface area contributed by atoms with Crippen LogP contribution in [0, 0.1) is 0 Å². The van der Waals surface area contributed by atoms with Gasteiger partial charge in [0.15, 0.2) is 5.69 Å². The van der Waals surface area contributed by atoms with Gasteiger partial charge in [0, 0.05) is 16.1 Å². The number of methoxy groups -OCH3 is 1. The zero-order valence-corrected chi connectivity index (χ0v) is 13.0. The molecule has 0 saturated carbocycles. The van der Waals surface area contributed by atoms with Gasteiger partial charge in [-0.05, 0) is 18.2 Å². The summed E-state index contributed by atoms with van der Waals surface area (Å²) in [6, 6.07) is 6.01. The van der Waals surface area contributed by atoms with Gasteiger partial charge in [0.1, 0.15) is 5.75 Å². The first-order valence-corrected chi connectivity index (χ1v) is 6.72. The van der Waals surface area contributed by atoms with Crippen LogP contribution in [-0.2, 0) is 4.74 Å². The van der Waals surface area contributed by atoms with E-state index in [0.29, 0.717) is 15.8 Å². The first kappa shape index (κ1) is 15.7. The Balaban J connectivity index is 2.40. The fraction of sp³-hybridized carbons (Fsp3) is 0.0769. The number of pyridine rings is 1. The number of aromatic nitrogens is 1. The molecule has 0 bridgehead atoms. The Kier molecular flexibility index (Phi) is 4.77. The zero-order valence-electron chi connectivity index (χ0n) is 10.7. The van der Waals surface area contributed by atoms with Crippen molar-refractivity contribution in [1.82, 2.24) is 4.98 Å². The summed E-state index contributed by atoms with van der Waals surface area (Å²) in [6.45, 7) is 0. The molecule has 1 aromatic heterocycles. The van der Waals surface area contributed by atoms with E-state index in [1.165, 1.54) is 25.3 Å². The van der Waals surface area contributed by atoms with Crippen LogP contribution in [0.15, 0.2) is 24.3 Å². The number of nitrogen functional groups attached to an aromatic ring is 1. The summed E-state index contributed by atoms with van der Waals surface area (Å²) in [5, 5.41) is 0.790. The lowest BCUT2D eigenvalue weighted by atomic mass is 10.3. The Morgan fingerprint density at radius 3 is 2.33 bits per heavy atom. The van der Waals surface area contributed by atoms with E-state index in [1.54, 1.807) is 6.07 Å². The van der Waals surface area contributed by atoms with Gasteiger partial charge < -0.3 is 15.2 Å². The number of nitrogens with zero attached hydrogens (tertiary/aromatic N) is 1. The average Bonchev–Trinajstić information content (AvgIpc) is 2.40. The number of nitrogens with two attached hydrogens (primary N) is 1. The monoisotopic (exact) mass is 346 g/mol. The van der Waals surface area contributed by atoms with Crippen molar-refractivity contribution in [2.24, 2.45) is 0 Å². The molecule has 0 aliphatic heterocycles. The van der Waals surface area contributed by atoms with Crippen LogP contribution in [0.1, 0.15) is 10.5 Å². The fourth-order valence-electron chi connectivity index (χ4n) is 1.52. The van der Waals surface area contributed by atoms with E-state index in [0.717, 1.165) is 0 Å². The molecule has 1 heterocycles. The second kappa shape index (κ2) is 6.39. The third-order valence-corrected chi connectivity index (χ3v) is 3.23. The second-order valence-corrected chi connectivity index (χ2v) is 5.16. The predicted octanol–water partition coefficient (Wildman–Crippen LogP) is 4.20. The summed E-state index contributed by atoms with van der Waals surface area (Å²) >= 11 is 17.7. The standard InChI is InChI=1S/C13H9Cl3N2O3/c1-20-13(19)12-11(16)9(17)5-10(18-12)21-8-3-6(14)2-7(15)4-8/h2-5H,1H3,(H2,17,18). The summed E-state index contributed by atoms with van der Waals surface area (Å²) in [5.41, 5.74) is 5.71. The Bertz CT molecular complexity index is 687. The van der Waals surface area contributed by atoms with Crippen LogP contribution in [0.4, 0.5) is 5.69 Å². The van der Waals surface area contributed by atoms with Crippen molar-refractivity contribution in [3.05, 3.63) is 45.0 Å². The van der Waals surface area contributed by atoms with Gasteiger partial charge in [-0.15, -0.1) is 0 Å². The lowest BCUT2D eigenvalue weighted by Crippen LogP contribution is -2.08. The number of hydrogen-bond acceptors (Lipinski definition) is 5. The quantitative estimate of drug-likeness (QED) is 0.842. The number of rotatable bonds is 3. The maximum atomic E-state index is 11.6. The van der Waals surface area contributed by atoms with Gasteiger partial charge in [0.05, 0.1) is 17.8 Å². The SMILES string of the molecule is COC(=O)c1nc(Oc2cc(Cl)cc(Cl)c2)cc(N)c1Cl. The lowest BCUT2D eigenvalue weighted by Gasteiger charge is -2.10. The number of hydrogen-bond donors (Lipinski definition) is 1. The summed E-state index contributed by atoms with van der Waals surface area (Å²) in [6.07, 6.45) is 0. The minimum absolute atomic E-state index is 0.00155. The van der Waals surface area contributed by atoms with Crippen molar-refractivity contribution in [2.75, 3.05) is 12.8 Å². The van der Waals surface area contributed by atoms with Crippen LogP contribution in [0.3, 0.4) is 0 Å². The van der Waals surface area contributed by atoms with Gasteiger partial charge in [0.25, 0.3) is 0 Å². The molecule has 0 amide bonds. The van der Waals surface area contributed by atoms with Crippen LogP contribution >= 0.6 is 34.8 Å². The molecule has 0 fully saturated rings. The molecule has 2 N–H and O–H groups in total. The van der Waals surface area contributed by atoms with Crippen LogP contribution in [0.2, 0.25) is 15.1 Å². The number of carbonyl (C=O) groups excluding carboxylic acids is 1. The zero-order chi connectivity index (χ0) is 15.6. The summed E-state index contributed by atoms with van der Waals surface area (Å²) in [4.78, 5) is 15.5. The number of anilines is 1. The highest BCUT2D eigenvalue weighted by molar-refractivity contribution is 6.36. The Hall–Kier alpha value is -1.69. The molecule has 0 aliphatic rings. The van der Waals surface area contributed by atoms with Crippen molar-refractivity contribution in [3.63, 3.8) is 0 Å². The van der Waals surface area contributed by atoms with Crippen molar-refractivity contribution in [3.8, 4) is 11.6 Å². The molecule has 2 rings (SSSR count). The molecule has 0 atom stereocenters. The third-order valence-electron chi connectivity index (χ3n) is 2.40. The molecule has 110 valence electrons. The molecule has 0 saturated heterocycles. The topological polar surface area (TPSA) is 74.4 Å². The molecule has 8 heteroatoms. The van der Waals surface area contributed by atoms with E-state index in [4.69, 9.17) is 45.3 Å². The average molecular weight is 348 g/mol. The number of esters is 1. The molecule has 0 unspecified atom stereocenters. The first-order valence-electron chi connectivity index (χ1n) is 5.59. The Morgan fingerprint density at radius 2 is 1.76 bits per heavy atom. The largest absolute Gasteiger partial charge is 0.464 e. The minimum Gasteiger partial charge on any atom is -0.464 e. The van der Waals surface area contributed by atoms with Crippen LogP contribution in [-0.4, -0.2) is 18.1 Å². The van der Waals surface area contributed by atoms with E-state index in [-0.39, 0.29) is 22.3 Å².